The van der Waals surface area contributed by atoms with Crippen LogP contribution in [0.1, 0.15) is 37.3 Å². The molecule has 0 radical (unpaired) electrons. The van der Waals surface area contributed by atoms with Crippen molar-refractivity contribution in [2.45, 2.75) is 32.0 Å². The Balaban J connectivity index is 1.62. The number of pyridine rings is 1. The van der Waals surface area contributed by atoms with Gasteiger partial charge in [0.15, 0.2) is 5.11 Å². The number of hydrogen-bond donors (Lipinski definition) is 1. The Labute approximate surface area is 203 Å². The molecule has 0 amide bonds. The Bertz CT molecular complexity index is 1290. The SMILES string of the molecule is CC(C)Oc1ccc(N2C(=S)NC(c3ccccn3)C2c2cccn2-c2ccccc2F)cc1. The number of rotatable bonds is 6. The van der Waals surface area contributed by atoms with Crippen LogP contribution in [0.3, 0.4) is 0 Å². The highest BCUT2D eigenvalue weighted by molar-refractivity contribution is 7.80. The van der Waals surface area contributed by atoms with E-state index in [9.17, 15) is 4.39 Å². The number of ether oxygens (including phenoxy) is 1. The fraction of sp³-hybridized carbons (Fsp3) is 0.185. The van der Waals surface area contributed by atoms with Crippen LogP contribution in [0.5, 0.6) is 5.75 Å². The molecule has 0 saturated carbocycles. The Morgan fingerprint density at radius 1 is 0.971 bits per heavy atom. The standard InChI is InChI=1S/C27H25FN4OS/c1-18(2)33-20-14-12-19(13-15-20)32-26(25(30-27(32)34)22-9-5-6-16-29-22)24-11-7-17-31(24)23-10-4-3-8-21(23)28/h3-18,25-26H,1-2H3,(H,30,34). The maximum absolute atomic E-state index is 14.8. The Morgan fingerprint density at radius 3 is 2.44 bits per heavy atom. The zero-order valence-electron chi connectivity index (χ0n) is 18.9. The van der Waals surface area contributed by atoms with E-state index in [-0.39, 0.29) is 24.0 Å². The van der Waals surface area contributed by atoms with E-state index in [4.69, 9.17) is 17.0 Å². The predicted octanol–water partition coefficient (Wildman–Crippen LogP) is 5.98. The van der Waals surface area contributed by atoms with Gasteiger partial charge in [0.25, 0.3) is 0 Å². The van der Waals surface area contributed by atoms with E-state index in [0.717, 1.165) is 22.8 Å². The molecule has 0 spiro atoms. The first kappa shape index (κ1) is 22.1. The van der Waals surface area contributed by atoms with E-state index < -0.39 is 0 Å². The molecule has 3 heterocycles. The normalized spacial score (nSPS) is 17.8. The summed E-state index contributed by atoms with van der Waals surface area (Å²) in [4.78, 5) is 6.67. The highest BCUT2D eigenvalue weighted by atomic mass is 32.1. The minimum atomic E-state index is -0.287. The summed E-state index contributed by atoms with van der Waals surface area (Å²) in [7, 11) is 0. The molecule has 5 rings (SSSR count). The summed E-state index contributed by atoms with van der Waals surface area (Å²) in [5, 5.41) is 4.04. The lowest BCUT2D eigenvalue weighted by molar-refractivity contribution is 0.242. The predicted molar refractivity (Wildman–Crippen MR) is 136 cm³/mol. The first-order valence-electron chi connectivity index (χ1n) is 11.2. The lowest BCUT2D eigenvalue weighted by Gasteiger charge is -2.29. The van der Waals surface area contributed by atoms with Crippen LogP contribution in [-0.4, -0.2) is 20.8 Å². The molecule has 1 saturated heterocycles. The van der Waals surface area contributed by atoms with Crippen molar-refractivity contribution in [3.05, 3.63) is 108 Å². The van der Waals surface area contributed by atoms with Crippen molar-refractivity contribution in [2.24, 2.45) is 0 Å². The number of nitrogens with zero attached hydrogens (tertiary/aromatic N) is 3. The molecule has 1 aliphatic rings. The number of hydrogen-bond acceptors (Lipinski definition) is 3. The molecule has 0 aliphatic carbocycles. The van der Waals surface area contributed by atoms with Gasteiger partial charge in [0.1, 0.15) is 17.6 Å². The van der Waals surface area contributed by atoms with Crippen LogP contribution >= 0.6 is 12.2 Å². The van der Waals surface area contributed by atoms with Gasteiger partial charge < -0.3 is 19.5 Å². The molecule has 34 heavy (non-hydrogen) atoms. The van der Waals surface area contributed by atoms with Crippen molar-refractivity contribution < 1.29 is 9.13 Å². The number of nitrogens with one attached hydrogen (secondary N) is 1. The number of thiocarbonyl (C=S) groups is 1. The van der Waals surface area contributed by atoms with Crippen molar-refractivity contribution in [3.63, 3.8) is 0 Å². The molecular formula is C27H25FN4OS. The van der Waals surface area contributed by atoms with Gasteiger partial charge in [-0.2, -0.15) is 0 Å². The quantitative estimate of drug-likeness (QED) is 0.350. The third kappa shape index (κ3) is 4.15. The first-order chi connectivity index (χ1) is 16.5. The smallest absolute Gasteiger partial charge is 0.174 e. The Morgan fingerprint density at radius 2 is 1.74 bits per heavy atom. The van der Waals surface area contributed by atoms with Crippen molar-refractivity contribution in [2.75, 3.05) is 4.90 Å². The van der Waals surface area contributed by atoms with Crippen LogP contribution in [0, 0.1) is 5.82 Å². The monoisotopic (exact) mass is 472 g/mol. The fourth-order valence-corrected chi connectivity index (χ4v) is 4.74. The molecule has 2 atom stereocenters. The minimum absolute atomic E-state index is 0.0886. The van der Waals surface area contributed by atoms with E-state index in [1.807, 2.05) is 85.3 Å². The highest BCUT2D eigenvalue weighted by Crippen LogP contribution is 2.42. The molecule has 4 aromatic rings. The molecule has 172 valence electrons. The van der Waals surface area contributed by atoms with E-state index in [1.165, 1.54) is 6.07 Å². The molecule has 1 fully saturated rings. The van der Waals surface area contributed by atoms with Gasteiger partial charge in [-0.15, -0.1) is 0 Å². The lowest BCUT2D eigenvalue weighted by Crippen LogP contribution is -2.30. The number of benzene rings is 2. The van der Waals surface area contributed by atoms with E-state index in [2.05, 4.69) is 15.2 Å². The van der Waals surface area contributed by atoms with E-state index in [1.54, 1.807) is 18.3 Å². The molecule has 2 unspecified atom stereocenters. The average Bonchev–Trinajstić information content (AvgIpc) is 3.44. The number of para-hydroxylation sites is 1. The third-order valence-electron chi connectivity index (χ3n) is 5.78. The molecule has 2 aromatic heterocycles. The van der Waals surface area contributed by atoms with Crippen LogP contribution in [0.25, 0.3) is 5.69 Å². The molecule has 1 aliphatic heterocycles. The van der Waals surface area contributed by atoms with Crippen LogP contribution in [0.15, 0.2) is 91.3 Å². The maximum Gasteiger partial charge on any atom is 0.174 e. The average molecular weight is 473 g/mol. The zero-order valence-corrected chi connectivity index (χ0v) is 19.7. The van der Waals surface area contributed by atoms with Gasteiger partial charge >= 0.3 is 0 Å². The lowest BCUT2D eigenvalue weighted by atomic mass is 10.0. The van der Waals surface area contributed by atoms with E-state index in [0.29, 0.717) is 10.8 Å². The number of aromatic nitrogens is 2. The summed E-state index contributed by atoms with van der Waals surface area (Å²) < 4.78 is 22.5. The molecule has 1 N–H and O–H groups in total. The summed E-state index contributed by atoms with van der Waals surface area (Å²) in [5.74, 6) is 0.508. The first-order valence-corrected chi connectivity index (χ1v) is 11.6. The summed E-state index contributed by atoms with van der Waals surface area (Å²) in [5.41, 5.74) is 3.16. The van der Waals surface area contributed by atoms with Gasteiger partial charge in [-0.3, -0.25) is 4.98 Å². The van der Waals surface area contributed by atoms with Gasteiger partial charge in [-0.25, -0.2) is 4.39 Å². The third-order valence-corrected chi connectivity index (χ3v) is 6.09. The second-order valence-corrected chi connectivity index (χ2v) is 8.80. The van der Waals surface area contributed by atoms with E-state index >= 15 is 0 Å². The Hall–Kier alpha value is -3.71. The molecule has 0 bridgehead atoms. The van der Waals surface area contributed by atoms with Gasteiger partial charge in [0.05, 0.1) is 23.5 Å². The maximum atomic E-state index is 14.8. The summed E-state index contributed by atoms with van der Waals surface area (Å²) in [6.45, 7) is 4.00. The van der Waals surface area contributed by atoms with Crippen molar-refractivity contribution >= 4 is 23.0 Å². The van der Waals surface area contributed by atoms with Crippen LogP contribution < -0.4 is 15.0 Å². The van der Waals surface area contributed by atoms with Crippen molar-refractivity contribution in [3.8, 4) is 11.4 Å². The van der Waals surface area contributed by atoms with Gasteiger partial charge in [-0.05, 0) is 86.7 Å². The largest absolute Gasteiger partial charge is 0.491 e. The zero-order chi connectivity index (χ0) is 23.7. The Kier molecular flexibility index (Phi) is 6.02. The van der Waals surface area contributed by atoms with Gasteiger partial charge in [-0.1, -0.05) is 18.2 Å². The van der Waals surface area contributed by atoms with Crippen molar-refractivity contribution in [1.82, 2.24) is 14.9 Å². The molecule has 5 nitrogen and oxygen atoms in total. The summed E-state index contributed by atoms with van der Waals surface area (Å²) in [6.07, 6.45) is 3.74. The highest BCUT2D eigenvalue weighted by Gasteiger charge is 2.42. The second kappa shape index (κ2) is 9.27. The minimum Gasteiger partial charge on any atom is -0.491 e. The van der Waals surface area contributed by atoms with Gasteiger partial charge in [0.2, 0.25) is 0 Å². The van der Waals surface area contributed by atoms with Crippen molar-refractivity contribution in [1.29, 1.82) is 0 Å². The number of halogens is 1. The fourth-order valence-electron chi connectivity index (χ4n) is 4.39. The topological polar surface area (TPSA) is 42.3 Å². The molecular weight excluding hydrogens is 447 g/mol. The molecule has 7 heteroatoms. The number of anilines is 1. The van der Waals surface area contributed by atoms with Crippen LogP contribution in [0.2, 0.25) is 0 Å². The van der Waals surface area contributed by atoms with Crippen LogP contribution in [0.4, 0.5) is 10.1 Å². The van der Waals surface area contributed by atoms with Gasteiger partial charge in [0, 0.05) is 23.8 Å². The summed E-state index contributed by atoms with van der Waals surface area (Å²) in [6, 6.07) is 23.9. The molecule has 2 aromatic carbocycles. The van der Waals surface area contributed by atoms with Crippen LogP contribution in [-0.2, 0) is 0 Å². The second-order valence-electron chi connectivity index (χ2n) is 8.41. The summed E-state index contributed by atoms with van der Waals surface area (Å²) >= 11 is 5.81.